The Morgan fingerprint density at radius 3 is 2.63 bits per heavy atom. The molecule has 158 valence electrons. The van der Waals surface area contributed by atoms with Crippen molar-refractivity contribution in [2.24, 2.45) is 0 Å². The minimum absolute atomic E-state index is 0.211. The lowest BCUT2D eigenvalue weighted by Gasteiger charge is -2.33. The maximum absolute atomic E-state index is 12.5. The number of nitrogens with one attached hydrogen (secondary N) is 2. The molecular weight excluding hydrogens is 386 g/mol. The van der Waals surface area contributed by atoms with Gasteiger partial charge in [0.2, 0.25) is 5.91 Å². The molecule has 0 radical (unpaired) electrons. The molecule has 3 amide bonds. The molecule has 1 fully saturated rings. The molecule has 0 aromatic heterocycles. The largest absolute Gasteiger partial charge is 0.495 e. The lowest BCUT2D eigenvalue weighted by molar-refractivity contribution is -0.141. The normalized spacial score (nSPS) is 15.9. The molecule has 8 nitrogen and oxygen atoms in total. The second-order valence-electron chi connectivity index (χ2n) is 6.95. The fourth-order valence-corrected chi connectivity index (χ4v) is 3.19. The number of ether oxygens (including phenoxy) is 2. The van der Waals surface area contributed by atoms with Crippen molar-refractivity contribution in [1.29, 1.82) is 0 Å². The number of hydrogen-bond donors (Lipinski definition) is 2. The van der Waals surface area contributed by atoms with Gasteiger partial charge in [0, 0.05) is 6.54 Å². The Bertz CT molecular complexity index is 916. The fraction of sp³-hybridized carbons (Fsp3) is 0.318. The third-order valence-electron chi connectivity index (χ3n) is 4.80. The van der Waals surface area contributed by atoms with Crippen LogP contribution in [0, 0.1) is 6.92 Å². The van der Waals surface area contributed by atoms with Crippen LogP contribution in [0.3, 0.4) is 0 Å². The summed E-state index contributed by atoms with van der Waals surface area (Å²) in [6.07, 6.45) is -0.211. The first-order valence-corrected chi connectivity index (χ1v) is 9.66. The number of benzene rings is 2. The van der Waals surface area contributed by atoms with Crippen LogP contribution in [0.5, 0.6) is 5.75 Å². The Morgan fingerprint density at radius 2 is 1.90 bits per heavy atom. The smallest absolute Gasteiger partial charge is 0.313 e. The van der Waals surface area contributed by atoms with E-state index in [4.69, 9.17) is 9.47 Å². The molecule has 30 heavy (non-hydrogen) atoms. The highest BCUT2D eigenvalue weighted by atomic mass is 16.5. The fourth-order valence-electron chi connectivity index (χ4n) is 3.19. The van der Waals surface area contributed by atoms with E-state index >= 15 is 0 Å². The van der Waals surface area contributed by atoms with E-state index in [2.05, 4.69) is 10.6 Å². The van der Waals surface area contributed by atoms with E-state index < -0.39 is 11.8 Å². The van der Waals surface area contributed by atoms with Gasteiger partial charge in [-0.25, -0.2) is 0 Å². The topological polar surface area (TPSA) is 97.0 Å². The zero-order chi connectivity index (χ0) is 21.5. The van der Waals surface area contributed by atoms with Gasteiger partial charge in [-0.15, -0.1) is 0 Å². The molecule has 3 rings (SSSR count). The first-order valence-electron chi connectivity index (χ1n) is 9.66. The van der Waals surface area contributed by atoms with Gasteiger partial charge in [0.25, 0.3) is 0 Å². The Morgan fingerprint density at radius 1 is 1.13 bits per heavy atom. The highest BCUT2D eigenvalue weighted by Crippen LogP contribution is 2.25. The zero-order valence-electron chi connectivity index (χ0n) is 17.0. The lowest BCUT2D eigenvalue weighted by atomic mass is 10.1. The van der Waals surface area contributed by atoms with Crippen molar-refractivity contribution in [2.45, 2.75) is 13.0 Å². The second-order valence-corrected chi connectivity index (χ2v) is 6.95. The molecule has 0 bridgehead atoms. The van der Waals surface area contributed by atoms with E-state index in [1.54, 1.807) is 17.0 Å². The second kappa shape index (κ2) is 9.89. The molecule has 1 aliphatic heterocycles. The van der Waals surface area contributed by atoms with Gasteiger partial charge in [-0.05, 0) is 30.2 Å². The summed E-state index contributed by atoms with van der Waals surface area (Å²) < 4.78 is 10.9. The van der Waals surface area contributed by atoms with E-state index in [9.17, 15) is 14.4 Å². The lowest BCUT2D eigenvalue weighted by Crippen LogP contribution is -2.48. The van der Waals surface area contributed by atoms with Gasteiger partial charge in [-0.1, -0.05) is 36.4 Å². The van der Waals surface area contributed by atoms with Gasteiger partial charge in [-0.2, -0.15) is 0 Å². The Balaban J connectivity index is 1.52. The first-order chi connectivity index (χ1) is 14.5. The number of rotatable bonds is 5. The number of aryl methyl sites for hydroxylation is 1. The molecule has 8 heteroatoms. The van der Waals surface area contributed by atoms with Crippen LogP contribution in [-0.2, 0) is 19.1 Å². The predicted molar refractivity (Wildman–Crippen MR) is 111 cm³/mol. The Labute approximate surface area is 175 Å². The summed E-state index contributed by atoms with van der Waals surface area (Å²) in [6.45, 7) is 2.83. The van der Waals surface area contributed by atoms with Gasteiger partial charge < -0.3 is 25.0 Å². The van der Waals surface area contributed by atoms with Crippen LogP contribution in [0.25, 0.3) is 0 Å². The van der Waals surface area contributed by atoms with Gasteiger partial charge in [0.05, 0.1) is 32.5 Å². The number of morpholine rings is 1. The zero-order valence-corrected chi connectivity index (χ0v) is 17.0. The van der Waals surface area contributed by atoms with Gasteiger partial charge >= 0.3 is 11.8 Å². The van der Waals surface area contributed by atoms with Crippen LogP contribution >= 0.6 is 0 Å². The summed E-state index contributed by atoms with van der Waals surface area (Å²) in [4.78, 5) is 38.5. The third kappa shape index (κ3) is 5.36. The van der Waals surface area contributed by atoms with Crippen molar-refractivity contribution in [3.63, 3.8) is 0 Å². The molecule has 1 aliphatic rings. The van der Waals surface area contributed by atoms with Crippen LogP contribution < -0.4 is 15.4 Å². The van der Waals surface area contributed by atoms with Crippen molar-refractivity contribution in [2.75, 3.05) is 38.7 Å². The number of carbonyl (C=O) groups excluding carboxylic acids is 3. The maximum Gasteiger partial charge on any atom is 0.313 e. The standard InChI is InChI=1S/C22H25N3O5/c1-15-8-9-18(29-2)17(12-15)24-22(28)21(27)23-13-20(26)25-10-11-30-19(14-25)16-6-4-3-5-7-16/h3-9,12,19H,10-11,13-14H2,1-2H3,(H,23,27)(H,24,28)/t19-/m1/s1. The SMILES string of the molecule is COc1ccc(C)cc1NC(=O)C(=O)NCC(=O)N1CCO[C@@H](c2ccccc2)C1. The highest BCUT2D eigenvalue weighted by molar-refractivity contribution is 6.40. The quantitative estimate of drug-likeness (QED) is 0.730. The molecule has 2 aromatic carbocycles. The minimum Gasteiger partial charge on any atom is -0.495 e. The van der Waals surface area contributed by atoms with Crippen LogP contribution in [0.2, 0.25) is 0 Å². The molecule has 2 N–H and O–H groups in total. The average molecular weight is 411 g/mol. The van der Waals surface area contributed by atoms with E-state index in [1.165, 1.54) is 7.11 Å². The van der Waals surface area contributed by atoms with Crippen molar-refractivity contribution >= 4 is 23.4 Å². The number of amides is 3. The number of carbonyl (C=O) groups is 3. The monoisotopic (exact) mass is 411 g/mol. The molecule has 0 spiro atoms. The molecule has 2 aromatic rings. The number of anilines is 1. The van der Waals surface area contributed by atoms with Crippen LogP contribution in [0.1, 0.15) is 17.2 Å². The molecule has 0 saturated carbocycles. The summed E-state index contributed by atoms with van der Waals surface area (Å²) in [6, 6.07) is 14.9. The van der Waals surface area contributed by atoms with E-state index in [-0.39, 0.29) is 18.6 Å². The Hall–Kier alpha value is -3.39. The molecule has 1 atom stereocenters. The molecule has 1 saturated heterocycles. The molecular formula is C22H25N3O5. The van der Waals surface area contributed by atoms with Crippen molar-refractivity contribution < 1.29 is 23.9 Å². The predicted octanol–water partition coefficient (Wildman–Crippen LogP) is 1.66. The highest BCUT2D eigenvalue weighted by Gasteiger charge is 2.26. The maximum atomic E-state index is 12.5. The van der Waals surface area contributed by atoms with Gasteiger partial charge in [0.15, 0.2) is 0 Å². The van der Waals surface area contributed by atoms with E-state index in [0.29, 0.717) is 31.1 Å². The number of methoxy groups -OCH3 is 1. The third-order valence-corrected chi connectivity index (χ3v) is 4.80. The van der Waals surface area contributed by atoms with Crippen molar-refractivity contribution in [3.05, 3.63) is 59.7 Å². The van der Waals surface area contributed by atoms with E-state index in [0.717, 1.165) is 11.1 Å². The summed E-state index contributed by atoms with van der Waals surface area (Å²) in [5, 5.41) is 4.90. The number of hydrogen-bond acceptors (Lipinski definition) is 5. The van der Waals surface area contributed by atoms with Crippen molar-refractivity contribution in [1.82, 2.24) is 10.2 Å². The molecule has 0 aliphatic carbocycles. The first kappa shape index (κ1) is 21.3. The van der Waals surface area contributed by atoms with Crippen LogP contribution in [-0.4, -0.2) is 56.0 Å². The minimum atomic E-state index is -0.889. The summed E-state index contributed by atoms with van der Waals surface area (Å²) in [5.41, 5.74) is 2.29. The average Bonchev–Trinajstić information content (AvgIpc) is 2.78. The van der Waals surface area contributed by atoms with Crippen LogP contribution in [0.4, 0.5) is 5.69 Å². The molecule has 0 unspecified atom stereocenters. The number of nitrogens with zero attached hydrogens (tertiary/aromatic N) is 1. The summed E-state index contributed by atoms with van der Waals surface area (Å²) in [5.74, 6) is -1.58. The summed E-state index contributed by atoms with van der Waals surface area (Å²) in [7, 11) is 1.48. The summed E-state index contributed by atoms with van der Waals surface area (Å²) >= 11 is 0. The Kier molecular flexibility index (Phi) is 7.03. The van der Waals surface area contributed by atoms with Crippen molar-refractivity contribution in [3.8, 4) is 5.75 Å². The van der Waals surface area contributed by atoms with Gasteiger partial charge in [-0.3, -0.25) is 14.4 Å². The van der Waals surface area contributed by atoms with Crippen LogP contribution in [0.15, 0.2) is 48.5 Å². The molecule has 1 heterocycles. The van der Waals surface area contributed by atoms with E-state index in [1.807, 2.05) is 43.3 Å². The van der Waals surface area contributed by atoms with Gasteiger partial charge in [0.1, 0.15) is 11.9 Å².